The van der Waals surface area contributed by atoms with Gasteiger partial charge in [-0.3, -0.25) is 9.59 Å². The molecule has 8 heteroatoms. The van der Waals surface area contributed by atoms with Gasteiger partial charge in [-0.2, -0.15) is 5.10 Å². The van der Waals surface area contributed by atoms with Crippen LogP contribution >= 0.6 is 23.2 Å². The van der Waals surface area contributed by atoms with E-state index in [1.54, 1.807) is 49.8 Å². The molecule has 0 bridgehead atoms. The summed E-state index contributed by atoms with van der Waals surface area (Å²) in [6, 6.07) is 5.18. The molecular weight excluding hydrogens is 401 g/mol. The largest absolute Gasteiger partial charge is 0.463 e. The molecule has 1 atom stereocenters. The molecule has 0 radical (unpaired) electrons. The van der Waals surface area contributed by atoms with E-state index in [2.05, 4.69) is 10.4 Å². The van der Waals surface area contributed by atoms with Gasteiger partial charge in [0.05, 0.1) is 40.2 Å². The molecule has 28 heavy (non-hydrogen) atoms. The van der Waals surface area contributed by atoms with Gasteiger partial charge in [0.25, 0.3) is 5.91 Å². The third-order valence-electron chi connectivity index (χ3n) is 4.48. The summed E-state index contributed by atoms with van der Waals surface area (Å²) in [6.45, 7) is 5.51. The first-order valence-corrected chi connectivity index (χ1v) is 10.1. The Kier molecular flexibility index (Phi) is 6.30. The van der Waals surface area contributed by atoms with Crippen molar-refractivity contribution in [1.82, 2.24) is 15.1 Å². The van der Waals surface area contributed by atoms with Crippen molar-refractivity contribution in [3.63, 3.8) is 0 Å². The molecule has 1 amide bonds. The second-order valence-electron chi connectivity index (χ2n) is 7.32. The number of amides is 1. The number of carbonyl (C=O) groups is 2. The first-order chi connectivity index (χ1) is 13.3. The monoisotopic (exact) mass is 423 g/mol. The standard InChI is InChI=1S/C20H23Cl2N3O3/c1-11(2)28-20(27)12(3)9-23-19(26)15-10-24-25(18(15)13-4-5-13)17-7-6-14(21)8-16(17)22/h6-8,10-13H,4-5,9H2,1-3H3,(H,23,26)/t12-/m0/s1. The predicted octanol–water partition coefficient (Wildman–Crippen LogP) is 4.37. The fourth-order valence-electron chi connectivity index (χ4n) is 2.90. The van der Waals surface area contributed by atoms with Crippen molar-refractivity contribution in [2.45, 2.75) is 45.6 Å². The number of nitrogens with zero attached hydrogens (tertiary/aromatic N) is 2. The van der Waals surface area contributed by atoms with Crippen LogP contribution in [0.2, 0.25) is 10.0 Å². The summed E-state index contributed by atoms with van der Waals surface area (Å²) in [5, 5.41) is 8.22. The molecule has 1 fully saturated rings. The fraction of sp³-hybridized carbons (Fsp3) is 0.450. The number of esters is 1. The van der Waals surface area contributed by atoms with Crippen molar-refractivity contribution in [3.05, 3.63) is 45.7 Å². The second kappa shape index (κ2) is 8.53. The molecular formula is C20H23Cl2N3O3. The summed E-state index contributed by atoms with van der Waals surface area (Å²) >= 11 is 12.3. The van der Waals surface area contributed by atoms with Gasteiger partial charge >= 0.3 is 5.97 Å². The Morgan fingerprint density at radius 3 is 2.61 bits per heavy atom. The van der Waals surface area contributed by atoms with E-state index >= 15 is 0 Å². The quantitative estimate of drug-likeness (QED) is 0.670. The number of halogens is 2. The molecule has 1 heterocycles. The Morgan fingerprint density at radius 2 is 2.00 bits per heavy atom. The van der Waals surface area contributed by atoms with Gasteiger partial charge in [0, 0.05) is 17.5 Å². The van der Waals surface area contributed by atoms with E-state index in [0.29, 0.717) is 21.3 Å². The van der Waals surface area contributed by atoms with E-state index in [1.807, 2.05) is 0 Å². The van der Waals surface area contributed by atoms with Gasteiger partial charge in [0.15, 0.2) is 0 Å². The summed E-state index contributed by atoms with van der Waals surface area (Å²) < 4.78 is 6.88. The van der Waals surface area contributed by atoms with Gasteiger partial charge in [0.2, 0.25) is 0 Å². The van der Waals surface area contributed by atoms with Gasteiger partial charge in [-0.25, -0.2) is 4.68 Å². The van der Waals surface area contributed by atoms with Crippen LogP contribution in [0.1, 0.15) is 55.6 Å². The number of rotatable bonds is 7. The van der Waals surface area contributed by atoms with Crippen LogP contribution in [0.5, 0.6) is 0 Å². The highest BCUT2D eigenvalue weighted by molar-refractivity contribution is 6.35. The average molecular weight is 424 g/mol. The zero-order valence-corrected chi connectivity index (χ0v) is 17.5. The minimum absolute atomic E-state index is 0.186. The first-order valence-electron chi connectivity index (χ1n) is 9.30. The molecule has 0 saturated heterocycles. The Morgan fingerprint density at radius 1 is 1.29 bits per heavy atom. The maximum atomic E-state index is 12.8. The van der Waals surface area contributed by atoms with Gasteiger partial charge < -0.3 is 10.1 Å². The molecule has 0 unspecified atom stereocenters. The van der Waals surface area contributed by atoms with Crippen LogP contribution in [0.15, 0.2) is 24.4 Å². The number of ether oxygens (including phenoxy) is 1. The number of carbonyl (C=O) groups excluding carboxylic acids is 2. The van der Waals surface area contributed by atoms with E-state index in [0.717, 1.165) is 18.5 Å². The molecule has 1 aromatic carbocycles. The molecule has 0 aliphatic heterocycles. The maximum Gasteiger partial charge on any atom is 0.310 e. The van der Waals surface area contributed by atoms with Crippen molar-refractivity contribution in [2.75, 3.05) is 6.54 Å². The minimum Gasteiger partial charge on any atom is -0.463 e. The van der Waals surface area contributed by atoms with Crippen molar-refractivity contribution in [1.29, 1.82) is 0 Å². The van der Waals surface area contributed by atoms with Crippen molar-refractivity contribution in [3.8, 4) is 5.69 Å². The number of hydrogen-bond acceptors (Lipinski definition) is 4. The Balaban J connectivity index is 1.78. The van der Waals surface area contributed by atoms with Crippen LogP contribution in [0.25, 0.3) is 5.69 Å². The zero-order valence-electron chi connectivity index (χ0n) is 16.0. The molecule has 1 aliphatic carbocycles. The van der Waals surface area contributed by atoms with Crippen LogP contribution in [0, 0.1) is 5.92 Å². The summed E-state index contributed by atoms with van der Waals surface area (Å²) in [5.74, 6) is -0.765. The molecule has 150 valence electrons. The second-order valence-corrected chi connectivity index (χ2v) is 8.17. The smallest absolute Gasteiger partial charge is 0.310 e. The highest BCUT2D eigenvalue weighted by Gasteiger charge is 2.33. The SMILES string of the molecule is CC(C)OC(=O)[C@@H](C)CNC(=O)c1cnn(-c2ccc(Cl)cc2Cl)c1C1CC1. The fourth-order valence-corrected chi connectivity index (χ4v) is 3.39. The Labute approximate surface area is 174 Å². The number of benzene rings is 1. The van der Waals surface area contributed by atoms with Crippen molar-refractivity contribution in [2.24, 2.45) is 5.92 Å². The third-order valence-corrected chi connectivity index (χ3v) is 5.01. The van der Waals surface area contributed by atoms with Crippen molar-refractivity contribution < 1.29 is 14.3 Å². The molecule has 2 aromatic rings. The normalized spacial score (nSPS) is 14.8. The molecule has 1 aromatic heterocycles. The van der Waals surface area contributed by atoms with Crippen LogP contribution in [0.4, 0.5) is 0 Å². The van der Waals surface area contributed by atoms with E-state index in [-0.39, 0.29) is 30.4 Å². The van der Waals surface area contributed by atoms with E-state index in [1.165, 1.54) is 0 Å². The molecule has 1 saturated carbocycles. The lowest BCUT2D eigenvalue weighted by molar-refractivity contribution is -0.151. The Bertz CT molecular complexity index is 891. The lowest BCUT2D eigenvalue weighted by Crippen LogP contribution is -2.33. The summed E-state index contributed by atoms with van der Waals surface area (Å²) in [5.41, 5.74) is 2.01. The highest BCUT2D eigenvalue weighted by Crippen LogP contribution is 2.43. The molecule has 3 rings (SSSR count). The molecule has 1 aliphatic rings. The van der Waals surface area contributed by atoms with Gasteiger partial charge in [-0.15, -0.1) is 0 Å². The molecule has 6 nitrogen and oxygen atoms in total. The summed E-state index contributed by atoms with van der Waals surface area (Å²) in [7, 11) is 0. The van der Waals surface area contributed by atoms with Crippen LogP contribution in [-0.4, -0.2) is 34.3 Å². The van der Waals surface area contributed by atoms with Gasteiger partial charge in [0.1, 0.15) is 0 Å². The van der Waals surface area contributed by atoms with Crippen LogP contribution in [0.3, 0.4) is 0 Å². The molecule has 0 spiro atoms. The summed E-state index contributed by atoms with van der Waals surface area (Å²) in [6.07, 6.45) is 3.35. The van der Waals surface area contributed by atoms with Crippen molar-refractivity contribution >= 4 is 35.1 Å². The van der Waals surface area contributed by atoms with E-state index < -0.39 is 5.92 Å². The highest BCUT2D eigenvalue weighted by atomic mass is 35.5. The minimum atomic E-state index is -0.434. The molecule has 1 N–H and O–H groups in total. The lowest BCUT2D eigenvalue weighted by atomic mass is 10.1. The van der Waals surface area contributed by atoms with Gasteiger partial charge in [-0.05, 0) is 44.9 Å². The third kappa shape index (κ3) is 4.67. The van der Waals surface area contributed by atoms with Crippen LogP contribution < -0.4 is 5.32 Å². The summed E-state index contributed by atoms with van der Waals surface area (Å²) in [4.78, 5) is 24.7. The zero-order chi connectivity index (χ0) is 20.4. The number of hydrogen-bond donors (Lipinski definition) is 1. The van der Waals surface area contributed by atoms with Crippen LogP contribution in [-0.2, 0) is 9.53 Å². The predicted molar refractivity (Wildman–Crippen MR) is 108 cm³/mol. The maximum absolute atomic E-state index is 12.8. The first kappa shape index (κ1) is 20.7. The average Bonchev–Trinajstić information content (AvgIpc) is 3.37. The van der Waals surface area contributed by atoms with Gasteiger partial charge in [-0.1, -0.05) is 30.1 Å². The topological polar surface area (TPSA) is 73.2 Å². The van der Waals surface area contributed by atoms with E-state index in [9.17, 15) is 9.59 Å². The number of nitrogens with one attached hydrogen (secondary N) is 1. The lowest BCUT2D eigenvalue weighted by Gasteiger charge is -2.15. The van der Waals surface area contributed by atoms with E-state index in [4.69, 9.17) is 27.9 Å². The Hall–Kier alpha value is -2.05. The number of aromatic nitrogens is 2.